The molecule has 2 aliphatic rings. The van der Waals surface area contributed by atoms with Gasteiger partial charge < -0.3 is 35.0 Å². The summed E-state index contributed by atoms with van der Waals surface area (Å²) in [4.78, 5) is 15.8. The van der Waals surface area contributed by atoms with Gasteiger partial charge in [0.2, 0.25) is 0 Å². The summed E-state index contributed by atoms with van der Waals surface area (Å²) in [6.45, 7) is 1.73. The Morgan fingerprint density at radius 1 is 1.19 bits per heavy atom. The molecule has 0 radical (unpaired) electrons. The highest BCUT2D eigenvalue weighted by Crippen LogP contribution is 2.36. The average Bonchev–Trinajstić information content (AvgIpc) is 3.60. The minimum atomic E-state index is -1.63. The molecule has 0 aliphatic carbocycles. The predicted octanol–water partition coefficient (Wildman–Crippen LogP) is 1.48. The largest absolute Gasteiger partial charge is 0.394 e. The van der Waals surface area contributed by atoms with Crippen molar-refractivity contribution >= 4 is 27.5 Å². The van der Waals surface area contributed by atoms with Crippen LogP contribution in [0.3, 0.4) is 0 Å². The van der Waals surface area contributed by atoms with E-state index in [1.807, 2.05) is 13.0 Å². The van der Waals surface area contributed by atoms with Crippen molar-refractivity contribution in [1.82, 2.24) is 20.3 Å². The van der Waals surface area contributed by atoms with Gasteiger partial charge in [-0.3, -0.25) is 4.79 Å². The number of β-amino-alcohol motifs (C(OH)–C–C–N with tert-alkyl or cyclic N) is 1. The molecule has 1 amide bonds. The Morgan fingerprint density at radius 2 is 1.90 bits per heavy atom. The molecule has 42 heavy (non-hydrogen) atoms. The Kier molecular flexibility index (Phi) is 8.99. The Balaban J connectivity index is 1.54. The second-order valence-corrected chi connectivity index (χ2v) is 11.2. The first kappa shape index (κ1) is 30.5. The van der Waals surface area contributed by atoms with E-state index >= 15 is 0 Å². The third-order valence-corrected chi connectivity index (χ3v) is 7.96. The lowest BCUT2D eigenvalue weighted by atomic mass is 9.91. The van der Waals surface area contributed by atoms with Crippen LogP contribution < -0.4 is 10.2 Å². The molecule has 226 valence electrons. The number of amides is 1. The number of hydrogen-bond acceptors (Lipinski definition) is 9. The molecule has 4 N–H and O–H groups in total. The lowest BCUT2D eigenvalue weighted by Gasteiger charge is -2.45. The van der Waals surface area contributed by atoms with Gasteiger partial charge in [-0.05, 0) is 42.8 Å². The number of anilines is 1. The normalized spacial score (nSPS) is 27.8. The minimum Gasteiger partial charge on any atom is -0.394 e. The predicted molar refractivity (Wildman–Crippen MR) is 146 cm³/mol. The van der Waals surface area contributed by atoms with Crippen LogP contribution in [0.15, 0.2) is 41.0 Å². The highest BCUT2D eigenvalue weighted by molar-refractivity contribution is 9.10. The van der Waals surface area contributed by atoms with Gasteiger partial charge in [0.25, 0.3) is 5.91 Å². The molecule has 0 spiro atoms. The fourth-order valence-corrected chi connectivity index (χ4v) is 6.10. The lowest BCUT2D eigenvalue weighted by molar-refractivity contribution is -0.211. The number of methoxy groups -OCH3 is 1. The fraction of sp³-hybridized carbons (Fsp3) is 0.444. The zero-order valence-corrected chi connectivity index (χ0v) is 24.1. The quantitative estimate of drug-likeness (QED) is 0.279. The van der Waals surface area contributed by atoms with Crippen molar-refractivity contribution in [3.8, 4) is 11.3 Å². The van der Waals surface area contributed by atoms with Crippen LogP contribution in [-0.2, 0) is 14.3 Å². The number of carbonyl (C=O) groups excluding carboxylic acids is 1. The van der Waals surface area contributed by atoms with Crippen molar-refractivity contribution in [3.05, 3.63) is 64.0 Å². The van der Waals surface area contributed by atoms with Gasteiger partial charge in [-0.1, -0.05) is 21.1 Å². The molecule has 2 aliphatic heterocycles. The standard InChI is InChI=1S/C27H29BrF3N5O6/c1-12-3-14(28)7-15(4-12)36(19-8-32-9-20(19)38)27(40)26-25(41-2)23(24(39)21(11-37)42-26)35-10-18(33-34-35)13-5-16(29)22(31)17(30)6-13/h3-7,10,19-21,23-26,32,37-39H,8-9,11H2,1-2H3/t19-,20-,21+,23-,24-,25+,26+/m0/s1. The van der Waals surface area contributed by atoms with E-state index in [1.54, 1.807) is 12.1 Å². The van der Waals surface area contributed by atoms with Gasteiger partial charge in [0, 0.05) is 35.9 Å². The van der Waals surface area contributed by atoms with Gasteiger partial charge in [0.05, 0.1) is 24.9 Å². The van der Waals surface area contributed by atoms with Crippen molar-refractivity contribution in [2.24, 2.45) is 0 Å². The average molecular weight is 656 g/mol. The van der Waals surface area contributed by atoms with E-state index in [0.717, 1.165) is 22.4 Å². The SMILES string of the molecule is CO[C@@H]1[C@@H](n2cc(-c3cc(F)c(F)c(F)c3)nn2)[C@@H](O)[C@@H](CO)O[C@H]1C(=O)N(c1cc(C)cc(Br)c1)[C@H]1CNC[C@@H]1O. The smallest absolute Gasteiger partial charge is 0.259 e. The molecule has 0 saturated carbocycles. The number of aryl methyl sites for hydroxylation is 1. The van der Waals surface area contributed by atoms with E-state index in [4.69, 9.17) is 9.47 Å². The van der Waals surface area contributed by atoms with Crippen LogP contribution in [0.25, 0.3) is 11.3 Å². The van der Waals surface area contributed by atoms with E-state index in [0.29, 0.717) is 10.2 Å². The summed E-state index contributed by atoms with van der Waals surface area (Å²) in [6, 6.07) is 5.03. The van der Waals surface area contributed by atoms with Gasteiger partial charge in [-0.15, -0.1) is 5.10 Å². The van der Waals surface area contributed by atoms with E-state index in [9.17, 15) is 33.3 Å². The molecular weight excluding hydrogens is 627 g/mol. The Morgan fingerprint density at radius 3 is 2.50 bits per heavy atom. The number of halogens is 4. The number of hydrogen-bond donors (Lipinski definition) is 4. The molecule has 0 bridgehead atoms. The first-order valence-electron chi connectivity index (χ1n) is 13.1. The molecule has 5 rings (SSSR count). The maximum atomic E-state index is 14.3. The maximum Gasteiger partial charge on any atom is 0.259 e. The number of rotatable bonds is 7. The Hall–Kier alpha value is -2.92. The van der Waals surface area contributed by atoms with E-state index in [2.05, 4.69) is 31.6 Å². The molecule has 11 nitrogen and oxygen atoms in total. The molecule has 15 heteroatoms. The molecule has 3 aromatic rings. The Labute approximate surface area is 247 Å². The molecule has 2 aromatic carbocycles. The van der Waals surface area contributed by atoms with Gasteiger partial charge in [-0.25, -0.2) is 17.9 Å². The molecule has 2 saturated heterocycles. The second kappa shape index (κ2) is 12.4. The van der Waals surface area contributed by atoms with Crippen LogP contribution in [0.5, 0.6) is 0 Å². The van der Waals surface area contributed by atoms with Gasteiger partial charge >= 0.3 is 0 Å². The monoisotopic (exact) mass is 655 g/mol. The van der Waals surface area contributed by atoms with E-state index in [-0.39, 0.29) is 24.3 Å². The summed E-state index contributed by atoms with van der Waals surface area (Å²) in [7, 11) is 1.30. The van der Waals surface area contributed by atoms with Crippen LogP contribution in [0.1, 0.15) is 11.6 Å². The van der Waals surface area contributed by atoms with Crippen LogP contribution in [0, 0.1) is 24.4 Å². The van der Waals surface area contributed by atoms with Crippen molar-refractivity contribution < 1.29 is 42.8 Å². The highest BCUT2D eigenvalue weighted by atomic mass is 79.9. The summed E-state index contributed by atoms with van der Waals surface area (Å²) in [5.41, 5.74) is 1.16. The lowest BCUT2D eigenvalue weighted by Crippen LogP contribution is -2.63. The molecule has 7 atom stereocenters. The number of carbonyl (C=O) groups is 1. The number of benzene rings is 2. The number of aliphatic hydroxyl groups excluding tert-OH is 3. The second-order valence-electron chi connectivity index (χ2n) is 10.3. The molecule has 0 unspecified atom stereocenters. The summed E-state index contributed by atoms with van der Waals surface area (Å²) in [5.74, 6) is -5.08. The number of nitrogens with zero attached hydrogens (tertiary/aromatic N) is 4. The summed E-state index contributed by atoms with van der Waals surface area (Å²) in [5, 5.41) is 43.0. The summed E-state index contributed by atoms with van der Waals surface area (Å²) >= 11 is 3.45. The number of aromatic nitrogens is 3. The van der Waals surface area contributed by atoms with Crippen molar-refractivity contribution in [1.29, 1.82) is 0 Å². The first-order chi connectivity index (χ1) is 20.0. The zero-order valence-electron chi connectivity index (χ0n) is 22.5. The molecule has 1 aromatic heterocycles. The minimum absolute atomic E-state index is 0.0452. The number of aliphatic hydroxyl groups is 3. The van der Waals surface area contributed by atoms with Crippen LogP contribution >= 0.6 is 15.9 Å². The molecule has 2 fully saturated rings. The maximum absolute atomic E-state index is 14.3. The summed E-state index contributed by atoms with van der Waals surface area (Å²) in [6.07, 6.45) is -4.97. The zero-order chi connectivity index (χ0) is 30.3. The highest BCUT2D eigenvalue weighted by Gasteiger charge is 2.52. The van der Waals surface area contributed by atoms with Crippen molar-refractivity contribution in [3.63, 3.8) is 0 Å². The van der Waals surface area contributed by atoms with Crippen LogP contribution in [0.4, 0.5) is 18.9 Å². The van der Waals surface area contributed by atoms with Crippen LogP contribution in [0.2, 0.25) is 0 Å². The van der Waals surface area contributed by atoms with Crippen molar-refractivity contribution in [2.75, 3.05) is 31.7 Å². The van der Waals surface area contributed by atoms with Gasteiger partial charge in [0.15, 0.2) is 23.6 Å². The summed E-state index contributed by atoms with van der Waals surface area (Å²) < 4.78 is 54.7. The van der Waals surface area contributed by atoms with Crippen LogP contribution in [-0.4, -0.2) is 99.6 Å². The first-order valence-corrected chi connectivity index (χ1v) is 13.9. The third kappa shape index (κ3) is 5.69. The fourth-order valence-electron chi connectivity index (χ4n) is 5.51. The number of ether oxygens (including phenoxy) is 2. The number of nitrogens with one attached hydrogen (secondary N) is 1. The topological polar surface area (TPSA) is 142 Å². The Bertz CT molecular complexity index is 1420. The van der Waals surface area contributed by atoms with Gasteiger partial charge in [-0.2, -0.15) is 0 Å². The third-order valence-electron chi connectivity index (χ3n) is 7.50. The van der Waals surface area contributed by atoms with E-state index < -0.39 is 72.6 Å². The molecule has 3 heterocycles. The van der Waals surface area contributed by atoms with Crippen molar-refractivity contribution in [2.45, 2.75) is 49.5 Å². The van der Waals surface area contributed by atoms with E-state index in [1.165, 1.54) is 18.2 Å². The molecular formula is C27H29BrF3N5O6. The van der Waals surface area contributed by atoms with Gasteiger partial charge in [0.1, 0.15) is 30.0 Å².